The summed E-state index contributed by atoms with van der Waals surface area (Å²) in [6, 6.07) is 4.52. The molecule has 1 aromatic carbocycles. The highest BCUT2D eigenvalue weighted by Crippen LogP contribution is 2.21. The second kappa shape index (κ2) is 6.47. The highest BCUT2D eigenvalue weighted by Gasteiger charge is 2.12. The second-order valence-corrected chi connectivity index (χ2v) is 3.77. The molecule has 0 aliphatic heterocycles. The molecule has 17 heavy (non-hydrogen) atoms. The fraction of sp³-hybridized carbons (Fsp3) is 0.273. The third kappa shape index (κ3) is 3.91. The van der Waals surface area contributed by atoms with Crippen molar-refractivity contribution in [1.29, 1.82) is 0 Å². The van der Waals surface area contributed by atoms with Gasteiger partial charge in [0.1, 0.15) is 5.88 Å². The minimum absolute atomic E-state index is 0.142. The molecule has 0 heterocycles. The molecule has 0 aromatic heterocycles. The standard InChI is InChI=1S/C11H11Cl2NO3/c1-2-17-11(16)8-4-3-7(5-9(8)13)14-10(15)6-12/h3-5H,2,6H2,1H3,(H,14,15). The summed E-state index contributed by atoms with van der Waals surface area (Å²) in [4.78, 5) is 22.5. The van der Waals surface area contributed by atoms with Crippen molar-refractivity contribution in [3.8, 4) is 0 Å². The molecule has 1 rings (SSSR count). The van der Waals surface area contributed by atoms with E-state index < -0.39 is 5.97 Å². The normalized spacial score (nSPS) is 9.82. The van der Waals surface area contributed by atoms with E-state index in [9.17, 15) is 9.59 Å². The number of nitrogens with one attached hydrogen (secondary N) is 1. The van der Waals surface area contributed by atoms with Crippen LogP contribution in [0.25, 0.3) is 0 Å². The summed E-state index contributed by atoms with van der Waals surface area (Å²) >= 11 is 11.2. The van der Waals surface area contributed by atoms with Crippen LogP contribution in [0.1, 0.15) is 17.3 Å². The van der Waals surface area contributed by atoms with Gasteiger partial charge in [0.15, 0.2) is 0 Å². The molecule has 0 bridgehead atoms. The zero-order valence-electron chi connectivity index (χ0n) is 9.13. The second-order valence-electron chi connectivity index (χ2n) is 3.10. The summed E-state index contributed by atoms with van der Waals surface area (Å²) in [5, 5.41) is 2.74. The minimum Gasteiger partial charge on any atom is -0.462 e. The van der Waals surface area contributed by atoms with Gasteiger partial charge < -0.3 is 10.1 Å². The number of halogens is 2. The lowest BCUT2D eigenvalue weighted by Gasteiger charge is -2.07. The number of hydrogen-bond acceptors (Lipinski definition) is 3. The van der Waals surface area contributed by atoms with Crippen LogP contribution in [0.2, 0.25) is 5.02 Å². The molecule has 1 amide bonds. The van der Waals surface area contributed by atoms with Gasteiger partial charge in [-0.05, 0) is 25.1 Å². The first-order valence-electron chi connectivity index (χ1n) is 4.91. The maximum atomic E-state index is 11.4. The van der Waals surface area contributed by atoms with E-state index >= 15 is 0 Å². The lowest BCUT2D eigenvalue weighted by molar-refractivity contribution is -0.113. The highest BCUT2D eigenvalue weighted by atomic mass is 35.5. The smallest absolute Gasteiger partial charge is 0.339 e. The van der Waals surface area contributed by atoms with Gasteiger partial charge in [0.05, 0.1) is 17.2 Å². The van der Waals surface area contributed by atoms with Crippen molar-refractivity contribution in [3.63, 3.8) is 0 Å². The molecule has 0 saturated carbocycles. The van der Waals surface area contributed by atoms with Crippen LogP contribution >= 0.6 is 23.2 Å². The Morgan fingerprint density at radius 2 is 2.12 bits per heavy atom. The van der Waals surface area contributed by atoms with Gasteiger partial charge in [0, 0.05) is 5.69 Å². The number of ether oxygens (including phenoxy) is 1. The molecule has 0 saturated heterocycles. The van der Waals surface area contributed by atoms with Crippen LogP contribution in [0.5, 0.6) is 0 Å². The maximum Gasteiger partial charge on any atom is 0.339 e. The van der Waals surface area contributed by atoms with E-state index in [2.05, 4.69) is 5.32 Å². The molecule has 6 heteroatoms. The lowest BCUT2D eigenvalue weighted by atomic mass is 10.2. The van der Waals surface area contributed by atoms with Gasteiger partial charge in [0.2, 0.25) is 5.91 Å². The molecule has 0 atom stereocenters. The monoisotopic (exact) mass is 275 g/mol. The molecular formula is C11H11Cl2NO3. The van der Waals surface area contributed by atoms with Crippen LogP contribution in [0, 0.1) is 0 Å². The molecule has 0 aliphatic carbocycles. The van der Waals surface area contributed by atoms with Crippen LogP contribution in [0.15, 0.2) is 18.2 Å². The van der Waals surface area contributed by atoms with Crippen molar-refractivity contribution in [1.82, 2.24) is 0 Å². The van der Waals surface area contributed by atoms with Gasteiger partial charge in [-0.2, -0.15) is 0 Å². The number of carbonyl (C=O) groups excluding carboxylic acids is 2. The van der Waals surface area contributed by atoms with E-state index in [-0.39, 0.29) is 29.0 Å². The Hall–Kier alpha value is -1.26. The number of hydrogen-bond donors (Lipinski definition) is 1. The van der Waals surface area contributed by atoms with Crippen molar-refractivity contribution < 1.29 is 14.3 Å². The molecule has 0 radical (unpaired) electrons. The van der Waals surface area contributed by atoms with Gasteiger partial charge in [-0.1, -0.05) is 11.6 Å². The topological polar surface area (TPSA) is 55.4 Å². The Bertz CT molecular complexity index is 435. The van der Waals surface area contributed by atoms with Gasteiger partial charge >= 0.3 is 5.97 Å². The number of benzene rings is 1. The van der Waals surface area contributed by atoms with Gasteiger partial charge in [0.25, 0.3) is 0 Å². The van der Waals surface area contributed by atoms with Crippen LogP contribution in [-0.2, 0) is 9.53 Å². The fourth-order valence-electron chi connectivity index (χ4n) is 1.16. The Balaban J connectivity index is 2.86. The lowest BCUT2D eigenvalue weighted by Crippen LogP contribution is -2.13. The van der Waals surface area contributed by atoms with Crippen LogP contribution in [0.3, 0.4) is 0 Å². The average Bonchev–Trinajstić information content (AvgIpc) is 2.29. The van der Waals surface area contributed by atoms with Gasteiger partial charge in [-0.15, -0.1) is 11.6 Å². The summed E-state index contributed by atoms with van der Waals surface area (Å²) in [5.74, 6) is -0.976. The van der Waals surface area contributed by atoms with Crippen LogP contribution in [0.4, 0.5) is 5.69 Å². The molecule has 0 fully saturated rings. The molecule has 4 nitrogen and oxygen atoms in total. The minimum atomic E-state index is -0.493. The Morgan fingerprint density at radius 1 is 1.41 bits per heavy atom. The predicted octanol–water partition coefficient (Wildman–Crippen LogP) is 2.69. The van der Waals surface area contributed by atoms with Gasteiger partial charge in [-0.25, -0.2) is 4.79 Å². The van der Waals surface area contributed by atoms with Crippen LogP contribution < -0.4 is 5.32 Å². The Kier molecular flexibility index (Phi) is 5.25. The third-order valence-corrected chi connectivity index (χ3v) is 2.43. The molecule has 0 unspecified atom stereocenters. The molecule has 1 N–H and O–H groups in total. The van der Waals surface area contributed by atoms with E-state index in [1.54, 1.807) is 13.0 Å². The van der Waals surface area contributed by atoms with Crippen molar-refractivity contribution in [3.05, 3.63) is 28.8 Å². The predicted molar refractivity (Wildman–Crippen MR) is 66.8 cm³/mol. The number of carbonyl (C=O) groups is 2. The van der Waals surface area contributed by atoms with Crippen LogP contribution in [-0.4, -0.2) is 24.4 Å². The maximum absolute atomic E-state index is 11.4. The van der Waals surface area contributed by atoms with Gasteiger partial charge in [-0.3, -0.25) is 4.79 Å². The molecule has 1 aromatic rings. The number of esters is 1. The summed E-state index contributed by atoms with van der Waals surface area (Å²) in [7, 11) is 0. The molecule has 0 spiro atoms. The first-order chi connectivity index (χ1) is 8.08. The number of alkyl halides is 1. The van der Waals surface area contributed by atoms with Crippen molar-refractivity contribution in [2.24, 2.45) is 0 Å². The van der Waals surface area contributed by atoms with E-state index in [0.29, 0.717) is 5.69 Å². The summed E-state index contributed by atoms with van der Waals surface area (Å²) in [5.41, 5.74) is 0.742. The van der Waals surface area contributed by atoms with Crippen molar-refractivity contribution >= 4 is 40.8 Å². The quantitative estimate of drug-likeness (QED) is 0.679. The number of rotatable bonds is 4. The first kappa shape index (κ1) is 13.8. The largest absolute Gasteiger partial charge is 0.462 e. The van der Waals surface area contributed by atoms with E-state index in [1.165, 1.54) is 12.1 Å². The third-order valence-electron chi connectivity index (χ3n) is 1.87. The Morgan fingerprint density at radius 3 is 2.65 bits per heavy atom. The molecular weight excluding hydrogens is 265 g/mol. The SMILES string of the molecule is CCOC(=O)c1ccc(NC(=O)CCl)cc1Cl. The number of anilines is 1. The fourth-order valence-corrected chi connectivity index (χ4v) is 1.49. The zero-order chi connectivity index (χ0) is 12.8. The molecule has 92 valence electrons. The zero-order valence-corrected chi connectivity index (χ0v) is 10.6. The highest BCUT2D eigenvalue weighted by molar-refractivity contribution is 6.34. The summed E-state index contributed by atoms with van der Waals surface area (Å²) in [6.07, 6.45) is 0. The first-order valence-corrected chi connectivity index (χ1v) is 5.82. The van der Waals surface area contributed by atoms with E-state index in [1.807, 2.05) is 0 Å². The van der Waals surface area contributed by atoms with E-state index in [0.717, 1.165) is 0 Å². The van der Waals surface area contributed by atoms with Crippen molar-refractivity contribution in [2.45, 2.75) is 6.92 Å². The summed E-state index contributed by atoms with van der Waals surface area (Å²) < 4.78 is 4.82. The molecule has 0 aliphatic rings. The summed E-state index contributed by atoms with van der Waals surface area (Å²) in [6.45, 7) is 1.99. The van der Waals surface area contributed by atoms with Crippen molar-refractivity contribution in [2.75, 3.05) is 17.8 Å². The number of amides is 1. The average molecular weight is 276 g/mol. The van der Waals surface area contributed by atoms with E-state index in [4.69, 9.17) is 27.9 Å². The Labute approximate surface area is 109 Å².